The molecule has 7 N–H and O–H groups in total. The average molecular weight is 513 g/mol. The molecule has 0 aliphatic carbocycles. The second-order valence-corrected chi connectivity index (χ2v) is 9.56. The number of thiazole rings is 1. The molecule has 2 atom stereocenters. The predicted octanol–water partition coefficient (Wildman–Crippen LogP) is -1.34. The predicted molar refractivity (Wildman–Crippen MR) is 125 cm³/mol. The van der Waals surface area contributed by atoms with Crippen LogP contribution in [0.4, 0.5) is 5.13 Å². The van der Waals surface area contributed by atoms with Crippen molar-refractivity contribution in [2.24, 2.45) is 16.8 Å². The number of oxime groups is 1. The van der Waals surface area contributed by atoms with Crippen LogP contribution in [0.2, 0.25) is 0 Å². The number of aliphatic hydroxyl groups excluding tert-OH is 2. The number of fused-ring (bicyclic) bond motifs is 1. The number of Topliss-reactive ketones (excluding diaryl/α,β-unsaturated/α-hetero) is 1. The summed E-state index contributed by atoms with van der Waals surface area (Å²) < 4.78 is 0. The normalized spacial score (nSPS) is 20.2. The maximum absolute atomic E-state index is 12.4. The number of aliphatic carboxylic acids is 1. The van der Waals surface area contributed by atoms with Crippen LogP contribution in [0, 0.1) is 5.92 Å². The lowest BCUT2D eigenvalue weighted by atomic mass is 9.89. The van der Waals surface area contributed by atoms with E-state index in [9.17, 15) is 19.5 Å². The fourth-order valence-corrected chi connectivity index (χ4v) is 5.10. The highest BCUT2D eigenvalue weighted by atomic mass is 32.2. The average Bonchev–Trinajstić information content (AvgIpc) is 3.27. The van der Waals surface area contributed by atoms with Crippen LogP contribution in [0.25, 0.3) is 0 Å². The van der Waals surface area contributed by atoms with Crippen molar-refractivity contribution in [2.75, 3.05) is 24.7 Å². The summed E-state index contributed by atoms with van der Waals surface area (Å²) in [5.74, 6) is -2.91. The zero-order valence-corrected chi connectivity index (χ0v) is 20.0. The van der Waals surface area contributed by atoms with E-state index in [-0.39, 0.29) is 41.9 Å². The largest absolute Gasteiger partial charge is 0.543 e. The number of allylic oxidation sites excluding steroid dienone is 1. The molecule has 0 saturated carbocycles. The van der Waals surface area contributed by atoms with E-state index in [1.807, 2.05) is 6.92 Å². The number of carbonyl (C=O) groups is 3. The molecule has 0 radical (unpaired) electrons. The molecule has 186 valence electrons. The molecule has 12 nitrogen and oxygen atoms in total. The monoisotopic (exact) mass is 512 g/mol. The van der Waals surface area contributed by atoms with Crippen molar-refractivity contribution >= 4 is 51.6 Å². The summed E-state index contributed by atoms with van der Waals surface area (Å²) in [6, 6.07) is 0. The van der Waals surface area contributed by atoms with Crippen molar-refractivity contribution < 1.29 is 34.9 Å². The van der Waals surface area contributed by atoms with Crippen LogP contribution < -0.4 is 16.6 Å². The minimum absolute atomic E-state index is 0.129. The summed E-state index contributed by atoms with van der Waals surface area (Å²) in [6.45, 7) is 5.07. The van der Waals surface area contributed by atoms with Crippen molar-refractivity contribution in [2.45, 2.75) is 30.7 Å². The lowest BCUT2D eigenvalue weighted by Crippen LogP contribution is -2.63. The van der Waals surface area contributed by atoms with Gasteiger partial charge in [0.2, 0.25) is 5.91 Å². The highest BCUT2D eigenvalue weighted by Crippen LogP contribution is 2.45. The molecule has 2 aliphatic heterocycles. The quantitative estimate of drug-likeness (QED) is 0.113. The van der Waals surface area contributed by atoms with E-state index in [4.69, 9.17) is 26.9 Å². The summed E-state index contributed by atoms with van der Waals surface area (Å²) in [6.07, 6.45) is 1.75. The van der Waals surface area contributed by atoms with Crippen LogP contribution in [-0.4, -0.2) is 78.6 Å². The van der Waals surface area contributed by atoms with Crippen molar-refractivity contribution in [3.8, 4) is 0 Å². The molecule has 0 aromatic carbocycles. The molecular formula is C20H26N5O7S2-. The molecule has 14 heteroatoms. The number of carboxylic acids is 1. The van der Waals surface area contributed by atoms with Gasteiger partial charge < -0.3 is 36.8 Å². The Hall–Kier alpha value is -2.78. The summed E-state index contributed by atoms with van der Waals surface area (Å²) in [7, 11) is 0. The maximum Gasteiger partial charge on any atom is 0.234 e. The third-order valence-corrected chi connectivity index (χ3v) is 7.45. The molecule has 3 heterocycles. The highest BCUT2D eigenvalue weighted by molar-refractivity contribution is 8.00. The van der Waals surface area contributed by atoms with Crippen LogP contribution in [-0.2, 0) is 14.4 Å². The number of anilines is 1. The lowest BCUT2D eigenvalue weighted by Gasteiger charge is -2.50. The van der Waals surface area contributed by atoms with E-state index in [1.54, 1.807) is 0 Å². The van der Waals surface area contributed by atoms with E-state index in [0.29, 0.717) is 17.7 Å². The fourth-order valence-electron chi connectivity index (χ4n) is 3.14. The Kier molecular flexibility index (Phi) is 9.35. The number of aromatic nitrogens is 1. The standard InChI is InChI=1S/C15H14N4O5S2.C5H13NO2/c1-2-6-4-25-13-7(12(21)19(13)11(6)14(22)23)3-9(20)10(18-24)8-5-26-15(16)17-8;1-2-5(6,3-7)4-8/h2,5,7,13,24H,1,3-4H2,(H2,16,17)(H,22,23);7-8H,2-4,6H2,1H3/p-1/b18-10-;. The second kappa shape index (κ2) is 11.6. The number of ketones is 1. The molecule has 1 saturated heterocycles. The number of carbonyl (C=O) groups excluding carboxylic acids is 3. The number of hydrogen-bond acceptors (Lipinski definition) is 13. The first-order chi connectivity index (χ1) is 16.1. The van der Waals surface area contributed by atoms with Gasteiger partial charge >= 0.3 is 0 Å². The number of nitrogens with zero attached hydrogens (tertiary/aromatic N) is 3. The number of hydrogen-bond donors (Lipinski definition) is 5. The summed E-state index contributed by atoms with van der Waals surface area (Å²) in [5, 5.41) is 41.7. The van der Waals surface area contributed by atoms with Crippen LogP contribution in [0.15, 0.2) is 34.5 Å². The van der Waals surface area contributed by atoms with E-state index < -0.39 is 34.5 Å². The maximum atomic E-state index is 12.4. The number of amides is 1. The van der Waals surface area contributed by atoms with Crippen LogP contribution in [0.5, 0.6) is 0 Å². The van der Waals surface area contributed by atoms with Gasteiger partial charge in [-0.25, -0.2) is 4.98 Å². The molecule has 2 aliphatic rings. The van der Waals surface area contributed by atoms with Crippen molar-refractivity contribution in [1.29, 1.82) is 0 Å². The smallest absolute Gasteiger partial charge is 0.234 e. The first-order valence-corrected chi connectivity index (χ1v) is 12.0. The van der Waals surface area contributed by atoms with Gasteiger partial charge in [-0.2, -0.15) is 0 Å². The minimum atomic E-state index is -1.46. The molecule has 3 rings (SSSR count). The number of nitrogen functional groups attached to an aromatic ring is 1. The number of aliphatic hydroxyl groups is 2. The second-order valence-electron chi connectivity index (χ2n) is 7.56. The van der Waals surface area contributed by atoms with Crippen LogP contribution in [0.3, 0.4) is 0 Å². The Bertz CT molecular complexity index is 1010. The molecule has 0 spiro atoms. The molecule has 34 heavy (non-hydrogen) atoms. The Morgan fingerprint density at radius 3 is 2.50 bits per heavy atom. The number of thioether (sulfide) groups is 1. The van der Waals surface area contributed by atoms with E-state index in [1.165, 1.54) is 23.2 Å². The zero-order chi connectivity index (χ0) is 25.6. The van der Waals surface area contributed by atoms with Crippen molar-refractivity contribution in [1.82, 2.24) is 9.88 Å². The van der Waals surface area contributed by atoms with E-state index in [0.717, 1.165) is 16.2 Å². The van der Waals surface area contributed by atoms with Gasteiger partial charge in [0.1, 0.15) is 5.69 Å². The molecule has 2 unspecified atom stereocenters. The van der Waals surface area contributed by atoms with Gasteiger partial charge in [-0.3, -0.25) is 14.5 Å². The minimum Gasteiger partial charge on any atom is -0.543 e. The Morgan fingerprint density at radius 2 is 2.09 bits per heavy atom. The van der Waals surface area contributed by atoms with Gasteiger partial charge in [-0.15, -0.1) is 23.1 Å². The first-order valence-electron chi connectivity index (χ1n) is 10.1. The Morgan fingerprint density at radius 1 is 1.44 bits per heavy atom. The highest BCUT2D eigenvalue weighted by Gasteiger charge is 2.52. The molecule has 0 bridgehead atoms. The molecule has 1 aromatic heterocycles. The topological polar surface area (TPSA) is 215 Å². The molecular weight excluding hydrogens is 486 g/mol. The van der Waals surface area contributed by atoms with Gasteiger partial charge in [0.15, 0.2) is 16.6 Å². The molecule has 1 aromatic rings. The summed E-state index contributed by atoms with van der Waals surface area (Å²) >= 11 is 2.42. The SMILES string of the molecule is C=CC1=C(C(=O)[O-])N2C(=O)C(CC(=O)/C(=N\O)c3csc(N)n3)C2SC1.CCC(N)(CO)CO. The number of rotatable bonds is 9. The third-order valence-electron chi connectivity index (χ3n) is 5.42. The van der Waals surface area contributed by atoms with Gasteiger partial charge in [0.05, 0.1) is 41.7 Å². The Balaban J connectivity index is 0.000000440. The first kappa shape index (κ1) is 27.5. The fraction of sp³-hybridized carbons (Fsp3) is 0.450. The summed E-state index contributed by atoms with van der Waals surface area (Å²) in [4.78, 5) is 41.2. The van der Waals surface area contributed by atoms with Gasteiger partial charge in [-0.1, -0.05) is 24.7 Å². The van der Waals surface area contributed by atoms with Crippen molar-refractivity contribution in [3.05, 3.63) is 35.0 Å². The summed E-state index contributed by atoms with van der Waals surface area (Å²) in [5.41, 5.74) is 10.2. The van der Waals surface area contributed by atoms with E-state index in [2.05, 4.69) is 16.7 Å². The number of carboxylic acid groups (broad SMARTS) is 1. The van der Waals surface area contributed by atoms with Gasteiger partial charge in [0.25, 0.3) is 0 Å². The van der Waals surface area contributed by atoms with Crippen LogP contribution >= 0.6 is 23.1 Å². The van der Waals surface area contributed by atoms with Crippen molar-refractivity contribution in [3.63, 3.8) is 0 Å². The molecule has 1 fully saturated rings. The van der Waals surface area contributed by atoms with E-state index >= 15 is 0 Å². The third kappa shape index (κ3) is 5.64. The molecule has 1 amide bonds. The lowest BCUT2D eigenvalue weighted by molar-refractivity contribution is -0.301. The van der Waals surface area contributed by atoms with Crippen LogP contribution in [0.1, 0.15) is 25.5 Å². The zero-order valence-electron chi connectivity index (χ0n) is 18.3. The number of β-lactam (4-membered cyclic amide) rings is 1. The Labute approximate surface area is 203 Å². The van der Waals surface area contributed by atoms with Gasteiger partial charge in [0, 0.05) is 17.6 Å². The number of nitrogens with two attached hydrogens (primary N) is 2. The van der Waals surface area contributed by atoms with Gasteiger partial charge in [-0.05, 0) is 12.0 Å².